The minimum atomic E-state index is 0.466. The highest BCUT2D eigenvalue weighted by Crippen LogP contribution is 2.11. The van der Waals surface area contributed by atoms with Gasteiger partial charge in [0.25, 0.3) is 0 Å². The van der Waals surface area contributed by atoms with E-state index in [1.807, 2.05) is 19.1 Å². The molecule has 1 saturated heterocycles. The Morgan fingerprint density at radius 1 is 1.41 bits per heavy atom. The van der Waals surface area contributed by atoms with E-state index in [4.69, 9.17) is 14.1 Å². The number of hydrogen-bond acceptors (Lipinski definition) is 4. The number of furan rings is 1. The van der Waals surface area contributed by atoms with Crippen molar-refractivity contribution in [2.24, 2.45) is 4.99 Å². The minimum absolute atomic E-state index is 0.466. The Kier molecular flexibility index (Phi) is 10.0. The third kappa shape index (κ3) is 9.11. The van der Waals surface area contributed by atoms with E-state index in [9.17, 15) is 0 Å². The molecule has 1 aromatic rings. The molecule has 2 N–H and O–H groups in total. The van der Waals surface area contributed by atoms with E-state index < -0.39 is 0 Å². The van der Waals surface area contributed by atoms with E-state index in [1.165, 1.54) is 5.57 Å². The molecule has 1 aromatic heterocycles. The molecule has 0 spiro atoms. The summed E-state index contributed by atoms with van der Waals surface area (Å²) in [6, 6.07) is 4.40. The van der Waals surface area contributed by atoms with Gasteiger partial charge in [-0.25, -0.2) is 0 Å². The van der Waals surface area contributed by atoms with Crippen LogP contribution in [-0.2, 0) is 11.2 Å². The van der Waals surface area contributed by atoms with Crippen LogP contribution < -0.4 is 10.6 Å². The first kappa shape index (κ1) is 21.5. The van der Waals surface area contributed by atoms with E-state index in [2.05, 4.69) is 29.0 Å². The second-order valence-electron chi connectivity index (χ2n) is 7.19. The van der Waals surface area contributed by atoms with Gasteiger partial charge in [0, 0.05) is 58.4 Å². The molecule has 0 bridgehead atoms. The minimum Gasteiger partial charge on any atom is -0.469 e. The maximum Gasteiger partial charge on any atom is 0.191 e. The SMILES string of the molecule is C=C(C)CN1CCC(NC(=NCCCOCC)NCCc2ccco2)CC1. The molecular formula is C21H36N4O2. The van der Waals surface area contributed by atoms with Crippen LogP contribution in [0.1, 0.15) is 38.9 Å². The van der Waals surface area contributed by atoms with Gasteiger partial charge in [-0.2, -0.15) is 0 Å². The highest BCUT2D eigenvalue weighted by atomic mass is 16.5. The first-order valence-corrected chi connectivity index (χ1v) is 10.2. The van der Waals surface area contributed by atoms with Crippen LogP contribution in [0.2, 0.25) is 0 Å². The predicted molar refractivity (Wildman–Crippen MR) is 111 cm³/mol. The highest BCUT2D eigenvalue weighted by molar-refractivity contribution is 5.80. The topological polar surface area (TPSA) is 62.0 Å². The zero-order chi connectivity index (χ0) is 19.3. The molecule has 0 aromatic carbocycles. The molecule has 0 amide bonds. The van der Waals surface area contributed by atoms with Gasteiger partial charge in [-0.3, -0.25) is 9.89 Å². The largest absolute Gasteiger partial charge is 0.469 e. The Morgan fingerprint density at radius 3 is 2.89 bits per heavy atom. The Bertz CT molecular complexity index is 549. The van der Waals surface area contributed by atoms with E-state index in [0.717, 1.165) is 83.3 Å². The Morgan fingerprint density at radius 2 is 2.22 bits per heavy atom. The van der Waals surface area contributed by atoms with Crippen molar-refractivity contribution in [2.45, 2.75) is 45.6 Å². The monoisotopic (exact) mass is 376 g/mol. The highest BCUT2D eigenvalue weighted by Gasteiger charge is 2.19. The lowest BCUT2D eigenvalue weighted by atomic mass is 10.0. The third-order valence-electron chi connectivity index (χ3n) is 4.59. The van der Waals surface area contributed by atoms with Crippen molar-refractivity contribution in [1.82, 2.24) is 15.5 Å². The van der Waals surface area contributed by atoms with Gasteiger partial charge in [0.15, 0.2) is 5.96 Å². The summed E-state index contributed by atoms with van der Waals surface area (Å²) in [4.78, 5) is 7.21. The van der Waals surface area contributed by atoms with E-state index in [1.54, 1.807) is 6.26 Å². The summed E-state index contributed by atoms with van der Waals surface area (Å²) in [6.45, 7) is 14.5. The van der Waals surface area contributed by atoms with Crippen LogP contribution in [0.25, 0.3) is 0 Å². The number of piperidine rings is 1. The summed E-state index contributed by atoms with van der Waals surface area (Å²) in [6.07, 6.45) is 5.77. The maximum atomic E-state index is 5.40. The Labute approximate surface area is 164 Å². The zero-order valence-electron chi connectivity index (χ0n) is 17.0. The number of rotatable bonds is 11. The number of aliphatic imine (C=N–C) groups is 1. The maximum absolute atomic E-state index is 5.40. The quantitative estimate of drug-likeness (QED) is 0.269. The molecule has 27 heavy (non-hydrogen) atoms. The molecule has 0 radical (unpaired) electrons. The Hall–Kier alpha value is -1.79. The molecule has 2 rings (SSSR count). The van der Waals surface area contributed by atoms with E-state index >= 15 is 0 Å². The van der Waals surface area contributed by atoms with Gasteiger partial charge in [-0.1, -0.05) is 12.2 Å². The second kappa shape index (κ2) is 12.6. The standard InChI is InChI=1S/C21H36N4O2/c1-4-26-15-6-11-22-21(23-12-8-20-7-5-16-27-20)24-19-9-13-25(14-10-19)17-18(2)3/h5,7,16,19H,2,4,6,8-15,17H2,1,3H3,(H2,22,23,24). The first-order valence-electron chi connectivity index (χ1n) is 10.2. The van der Waals surface area contributed by atoms with Crippen molar-refractivity contribution in [3.05, 3.63) is 36.3 Å². The van der Waals surface area contributed by atoms with Crippen molar-refractivity contribution >= 4 is 5.96 Å². The van der Waals surface area contributed by atoms with Crippen molar-refractivity contribution in [1.29, 1.82) is 0 Å². The predicted octanol–water partition coefficient (Wildman–Crippen LogP) is 2.82. The van der Waals surface area contributed by atoms with Crippen LogP contribution in [0.4, 0.5) is 0 Å². The summed E-state index contributed by atoms with van der Waals surface area (Å²) in [5.41, 5.74) is 1.23. The Balaban J connectivity index is 1.77. The van der Waals surface area contributed by atoms with Crippen molar-refractivity contribution in [3.63, 3.8) is 0 Å². The molecule has 6 nitrogen and oxygen atoms in total. The molecule has 1 aliphatic rings. The smallest absolute Gasteiger partial charge is 0.191 e. The molecular weight excluding hydrogens is 340 g/mol. The molecule has 0 unspecified atom stereocenters. The molecule has 152 valence electrons. The number of nitrogens with zero attached hydrogens (tertiary/aromatic N) is 2. The lowest BCUT2D eigenvalue weighted by Crippen LogP contribution is -2.49. The van der Waals surface area contributed by atoms with E-state index in [-0.39, 0.29) is 0 Å². The molecule has 2 heterocycles. The fraction of sp³-hybridized carbons (Fsp3) is 0.667. The first-order chi connectivity index (χ1) is 13.2. The van der Waals surface area contributed by atoms with Crippen LogP contribution >= 0.6 is 0 Å². The summed E-state index contributed by atoms with van der Waals surface area (Å²) in [7, 11) is 0. The van der Waals surface area contributed by atoms with E-state index in [0.29, 0.717) is 6.04 Å². The molecule has 1 aliphatic heterocycles. The average Bonchev–Trinajstić information content (AvgIpc) is 3.16. The van der Waals surface area contributed by atoms with Crippen LogP contribution in [0.3, 0.4) is 0 Å². The second-order valence-corrected chi connectivity index (χ2v) is 7.19. The van der Waals surface area contributed by atoms with Gasteiger partial charge in [0.05, 0.1) is 6.26 Å². The molecule has 1 fully saturated rings. The summed E-state index contributed by atoms with van der Waals surface area (Å²) >= 11 is 0. The third-order valence-corrected chi connectivity index (χ3v) is 4.59. The van der Waals surface area contributed by atoms with Gasteiger partial charge in [0.1, 0.15) is 5.76 Å². The van der Waals surface area contributed by atoms with Gasteiger partial charge < -0.3 is 19.8 Å². The van der Waals surface area contributed by atoms with Gasteiger partial charge in [-0.15, -0.1) is 0 Å². The van der Waals surface area contributed by atoms with Crippen LogP contribution in [0, 0.1) is 0 Å². The molecule has 0 aliphatic carbocycles. The van der Waals surface area contributed by atoms with Gasteiger partial charge in [0.2, 0.25) is 0 Å². The van der Waals surface area contributed by atoms with Crippen LogP contribution in [0.15, 0.2) is 40.0 Å². The lowest BCUT2D eigenvalue weighted by molar-refractivity contribution is 0.146. The normalized spacial score (nSPS) is 16.4. The van der Waals surface area contributed by atoms with Crippen molar-refractivity contribution < 1.29 is 9.15 Å². The van der Waals surface area contributed by atoms with Gasteiger partial charge in [-0.05, 0) is 45.2 Å². The summed E-state index contributed by atoms with van der Waals surface area (Å²) in [5.74, 6) is 1.89. The van der Waals surface area contributed by atoms with Crippen LogP contribution in [-0.4, -0.2) is 62.8 Å². The van der Waals surface area contributed by atoms with Crippen molar-refractivity contribution in [2.75, 3.05) is 45.9 Å². The number of nitrogens with one attached hydrogen (secondary N) is 2. The number of likely N-dealkylation sites (tertiary alicyclic amines) is 1. The number of ether oxygens (including phenoxy) is 1. The fourth-order valence-corrected chi connectivity index (χ4v) is 3.22. The summed E-state index contributed by atoms with van der Waals surface area (Å²) < 4.78 is 10.8. The van der Waals surface area contributed by atoms with Crippen LogP contribution in [0.5, 0.6) is 0 Å². The number of guanidine groups is 1. The number of hydrogen-bond donors (Lipinski definition) is 2. The molecule has 0 atom stereocenters. The van der Waals surface area contributed by atoms with Crippen molar-refractivity contribution in [3.8, 4) is 0 Å². The molecule has 6 heteroatoms. The van der Waals surface area contributed by atoms with Gasteiger partial charge >= 0.3 is 0 Å². The zero-order valence-corrected chi connectivity index (χ0v) is 17.0. The average molecular weight is 377 g/mol. The molecule has 0 saturated carbocycles. The lowest BCUT2D eigenvalue weighted by Gasteiger charge is -2.33. The fourth-order valence-electron chi connectivity index (χ4n) is 3.22. The summed E-state index contributed by atoms with van der Waals surface area (Å²) in [5, 5.41) is 7.07.